The number of methoxy groups -OCH3 is 1. The standard InChI is InChI=1S/C22H28N4O/c1-23-22(24-13-12-19-9-3-4-11-21(19)27-2)25-17-18-8-7-10-20(16-18)26-14-5-6-15-26/h3-11,16H,12-15,17H2,1-2H3,(H2,23,24,25). The Balaban J connectivity index is 1.48. The second-order valence-corrected chi connectivity index (χ2v) is 6.46. The molecule has 1 aliphatic rings. The number of ether oxygens (including phenoxy) is 1. The number of nitrogens with one attached hydrogen (secondary N) is 2. The van der Waals surface area contributed by atoms with E-state index in [4.69, 9.17) is 4.74 Å². The van der Waals surface area contributed by atoms with Gasteiger partial charge in [-0.05, 0) is 35.7 Å². The minimum Gasteiger partial charge on any atom is -0.496 e. The Morgan fingerprint density at radius 3 is 2.67 bits per heavy atom. The number of guanidine groups is 1. The zero-order valence-electron chi connectivity index (χ0n) is 16.1. The van der Waals surface area contributed by atoms with Crippen molar-refractivity contribution in [1.82, 2.24) is 10.6 Å². The number of rotatable bonds is 7. The number of nitrogens with zero attached hydrogens (tertiary/aromatic N) is 2. The summed E-state index contributed by atoms with van der Waals surface area (Å²) in [6.45, 7) is 3.51. The van der Waals surface area contributed by atoms with E-state index >= 15 is 0 Å². The number of hydrogen-bond donors (Lipinski definition) is 2. The molecule has 2 aromatic carbocycles. The first kappa shape index (κ1) is 18.8. The average molecular weight is 364 g/mol. The van der Waals surface area contributed by atoms with Gasteiger partial charge in [0.25, 0.3) is 0 Å². The van der Waals surface area contributed by atoms with Crippen LogP contribution in [-0.4, -0.2) is 39.8 Å². The van der Waals surface area contributed by atoms with E-state index in [1.54, 1.807) is 14.2 Å². The molecule has 2 aromatic rings. The van der Waals surface area contributed by atoms with Crippen LogP contribution in [0.5, 0.6) is 5.75 Å². The molecular weight excluding hydrogens is 336 g/mol. The van der Waals surface area contributed by atoms with Crippen LogP contribution >= 0.6 is 0 Å². The van der Waals surface area contributed by atoms with Gasteiger partial charge in [0.15, 0.2) is 5.96 Å². The lowest BCUT2D eigenvalue weighted by molar-refractivity contribution is 0.409. The molecule has 1 heterocycles. The zero-order chi connectivity index (χ0) is 18.9. The Morgan fingerprint density at radius 2 is 1.89 bits per heavy atom. The normalized spacial score (nSPS) is 13.7. The zero-order valence-corrected chi connectivity index (χ0v) is 16.1. The second kappa shape index (κ2) is 9.67. The first-order chi connectivity index (χ1) is 13.3. The maximum absolute atomic E-state index is 5.41. The SMILES string of the molecule is CN=C(NCCc1ccccc1OC)NCc1cccc(N2CC=CC2)c1. The third-order valence-electron chi connectivity index (χ3n) is 4.66. The second-order valence-electron chi connectivity index (χ2n) is 6.46. The van der Waals surface area contributed by atoms with Crippen LogP contribution in [0.25, 0.3) is 0 Å². The Morgan fingerprint density at radius 1 is 1.07 bits per heavy atom. The van der Waals surface area contributed by atoms with Crippen LogP contribution in [0.3, 0.4) is 0 Å². The highest BCUT2D eigenvalue weighted by molar-refractivity contribution is 5.79. The van der Waals surface area contributed by atoms with Gasteiger partial charge in [-0.2, -0.15) is 0 Å². The van der Waals surface area contributed by atoms with Crippen molar-refractivity contribution in [1.29, 1.82) is 0 Å². The van der Waals surface area contributed by atoms with Crippen LogP contribution in [0.4, 0.5) is 5.69 Å². The van der Waals surface area contributed by atoms with Crippen molar-refractivity contribution in [3.05, 3.63) is 71.8 Å². The molecule has 3 rings (SSSR count). The van der Waals surface area contributed by atoms with Crippen molar-refractivity contribution in [2.24, 2.45) is 4.99 Å². The van der Waals surface area contributed by atoms with Gasteiger partial charge < -0.3 is 20.3 Å². The lowest BCUT2D eigenvalue weighted by Crippen LogP contribution is -2.37. The predicted molar refractivity (Wildman–Crippen MR) is 113 cm³/mol. The summed E-state index contributed by atoms with van der Waals surface area (Å²) in [4.78, 5) is 6.67. The van der Waals surface area contributed by atoms with Crippen LogP contribution in [-0.2, 0) is 13.0 Å². The van der Waals surface area contributed by atoms with Crippen molar-refractivity contribution in [2.75, 3.05) is 38.7 Å². The van der Waals surface area contributed by atoms with Crippen molar-refractivity contribution < 1.29 is 4.74 Å². The lowest BCUT2D eigenvalue weighted by Gasteiger charge is -2.19. The Hall–Kier alpha value is -2.95. The number of hydrogen-bond acceptors (Lipinski definition) is 3. The molecule has 0 aliphatic carbocycles. The highest BCUT2D eigenvalue weighted by Gasteiger charge is 2.08. The molecule has 0 fully saturated rings. The van der Waals surface area contributed by atoms with E-state index in [1.165, 1.54) is 16.8 Å². The summed E-state index contributed by atoms with van der Waals surface area (Å²) >= 11 is 0. The fraction of sp³-hybridized carbons (Fsp3) is 0.318. The van der Waals surface area contributed by atoms with Crippen LogP contribution in [0.15, 0.2) is 65.7 Å². The van der Waals surface area contributed by atoms with Gasteiger partial charge in [-0.15, -0.1) is 0 Å². The fourth-order valence-electron chi connectivity index (χ4n) is 3.18. The maximum Gasteiger partial charge on any atom is 0.191 e. The van der Waals surface area contributed by atoms with Crippen LogP contribution in [0, 0.1) is 0 Å². The van der Waals surface area contributed by atoms with Crippen molar-refractivity contribution in [2.45, 2.75) is 13.0 Å². The van der Waals surface area contributed by atoms with Gasteiger partial charge in [0.1, 0.15) is 5.75 Å². The molecule has 2 N–H and O–H groups in total. The molecule has 0 saturated carbocycles. The predicted octanol–water partition coefficient (Wildman–Crippen LogP) is 2.98. The summed E-state index contributed by atoms with van der Waals surface area (Å²) in [5.74, 6) is 1.73. The van der Waals surface area contributed by atoms with Gasteiger partial charge in [0.2, 0.25) is 0 Å². The van der Waals surface area contributed by atoms with Gasteiger partial charge in [-0.1, -0.05) is 42.5 Å². The summed E-state index contributed by atoms with van der Waals surface area (Å²) in [5.41, 5.74) is 3.69. The first-order valence-corrected chi connectivity index (χ1v) is 9.35. The average Bonchev–Trinajstić information content (AvgIpc) is 3.26. The number of anilines is 1. The monoisotopic (exact) mass is 364 g/mol. The summed E-state index contributed by atoms with van der Waals surface area (Å²) in [7, 11) is 3.50. The molecule has 0 unspecified atom stereocenters. The van der Waals surface area contributed by atoms with Crippen molar-refractivity contribution in [3.8, 4) is 5.75 Å². The van der Waals surface area contributed by atoms with Crippen LogP contribution < -0.4 is 20.3 Å². The largest absolute Gasteiger partial charge is 0.496 e. The molecule has 142 valence electrons. The molecule has 0 atom stereocenters. The molecule has 0 amide bonds. The summed E-state index contributed by atoms with van der Waals surface area (Å²) in [6.07, 6.45) is 5.29. The van der Waals surface area contributed by atoms with E-state index in [0.29, 0.717) is 0 Å². The van der Waals surface area contributed by atoms with Gasteiger partial charge in [-0.25, -0.2) is 0 Å². The maximum atomic E-state index is 5.41. The molecular formula is C22H28N4O. The highest BCUT2D eigenvalue weighted by atomic mass is 16.5. The van der Waals surface area contributed by atoms with E-state index in [9.17, 15) is 0 Å². The van der Waals surface area contributed by atoms with Crippen LogP contribution in [0.1, 0.15) is 11.1 Å². The topological polar surface area (TPSA) is 48.9 Å². The molecule has 0 bridgehead atoms. The molecule has 5 heteroatoms. The van der Waals surface area contributed by atoms with Crippen molar-refractivity contribution in [3.63, 3.8) is 0 Å². The Kier molecular flexibility index (Phi) is 6.74. The van der Waals surface area contributed by atoms with Gasteiger partial charge in [0.05, 0.1) is 7.11 Å². The van der Waals surface area contributed by atoms with E-state index in [-0.39, 0.29) is 0 Å². The quantitative estimate of drug-likeness (QED) is 0.451. The molecule has 0 saturated heterocycles. The number of aliphatic imine (C=N–C) groups is 1. The van der Waals surface area contributed by atoms with Crippen molar-refractivity contribution >= 4 is 11.6 Å². The summed E-state index contributed by atoms with van der Waals surface area (Å²) < 4.78 is 5.41. The molecule has 0 spiro atoms. The van der Waals surface area contributed by atoms with E-state index in [1.807, 2.05) is 18.2 Å². The van der Waals surface area contributed by atoms with Crippen LogP contribution in [0.2, 0.25) is 0 Å². The smallest absolute Gasteiger partial charge is 0.191 e. The first-order valence-electron chi connectivity index (χ1n) is 9.35. The number of para-hydroxylation sites is 1. The minimum absolute atomic E-state index is 0.740. The minimum atomic E-state index is 0.740. The third-order valence-corrected chi connectivity index (χ3v) is 4.66. The summed E-state index contributed by atoms with van der Waals surface area (Å²) in [6, 6.07) is 16.8. The highest BCUT2D eigenvalue weighted by Crippen LogP contribution is 2.19. The Bertz CT molecular complexity index is 792. The molecule has 1 aliphatic heterocycles. The molecule has 27 heavy (non-hydrogen) atoms. The van der Waals surface area contributed by atoms with E-state index in [2.05, 4.69) is 63.0 Å². The lowest BCUT2D eigenvalue weighted by atomic mass is 10.1. The third kappa shape index (κ3) is 5.26. The summed E-state index contributed by atoms with van der Waals surface area (Å²) in [5, 5.41) is 6.76. The molecule has 5 nitrogen and oxygen atoms in total. The Labute approximate surface area is 161 Å². The van der Waals surface area contributed by atoms with E-state index < -0.39 is 0 Å². The molecule has 0 radical (unpaired) electrons. The fourth-order valence-corrected chi connectivity index (χ4v) is 3.18. The molecule has 0 aromatic heterocycles. The van der Waals surface area contributed by atoms with E-state index in [0.717, 1.165) is 44.3 Å². The van der Waals surface area contributed by atoms with Gasteiger partial charge >= 0.3 is 0 Å². The number of benzene rings is 2. The van der Waals surface area contributed by atoms with Gasteiger partial charge in [0, 0.05) is 38.9 Å². The van der Waals surface area contributed by atoms with Gasteiger partial charge in [-0.3, -0.25) is 4.99 Å².